The topological polar surface area (TPSA) is 111 Å². The molecule has 3 heterocycles. The number of nitrogens with one attached hydrogen (secondary N) is 2. The van der Waals surface area contributed by atoms with Crippen LogP contribution in [0.15, 0.2) is 12.3 Å². The number of hydrogen-bond donors (Lipinski definition) is 4. The first-order chi connectivity index (χ1) is 14.0. The van der Waals surface area contributed by atoms with E-state index in [2.05, 4.69) is 32.3 Å². The first kappa shape index (κ1) is 18.0. The number of H-pyrrole nitrogens is 1. The molecule has 8 nitrogen and oxygen atoms in total. The van der Waals surface area contributed by atoms with Crippen LogP contribution in [0.5, 0.6) is 11.8 Å². The van der Waals surface area contributed by atoms with Crippen molar-refractivity contribution >= 4 is 23.2 Å². The molecule has 29 heavy (non-hydrogen) atoms. The highest BCUT2D eigenvalue weighted by molar-refractivity contribution is 5.62. The first-order valence-electron chi connectivity index (χ1n) is 9.95. The molecule has 152 valence electrons. The van der Waals surface area contributed by atoms with Crippen LogP contribution in [0.25, 0.3) is 17.3 Å². The Kier molecular flexibility index (Phi) is 4.18. The second-order valence-electron chi connectivity index (χ2n) is 8.02. The summed E-state index contributed by atoms with van der Waals surface area (Å²) in [6, 6.07) is 1.68. The van der Waals surface area contributed by atoms with Gasteiger partial charge in [-0.2, -0.15) is 19.6 Å². The maximum atomic E-state index is 13.9. The Morgan fingerprint density at radius 2 is 2.14 bits per heavy atom. The zero-order valence-electron chi connectivity index (χ0n) is 16.1. The third-order valence-electron chi connectivity index (χ3n) is 5.75. The van der Waals surface area contributed by atoms with Crippen molar-refractivity contribution in [1.29, 1.82) is 0 Å². The summed E-state index contributed by atoms with van der Waals surface area (Å²) in [5.74, 6) is 0.861. The molecule has 3 aromatic heterocycles. The van der Waals surface area contributed by atoms with Crippen molar-refractivity contribution in [3.05, 3.63) is 28.5 Å². The molecular weight excluding hydrogens is 375 g/mol. The lowest BCUT2D eigenvalue weighted by atomic mass is 10.2. The molecule has 3 aromatic rings. The predicted octanol–water partition coefficient (Wildman–Crippen LogP) is 1.58. The maximum absolute atomic E-state index is 13.9. The Balaban J connectivity index is 1.69. The molecule has 4 N–H and O–H groups in total. The van der Waals surface area contributed by atoms with Gasteiger partial charge in [-0.25, -0.2) is 4.39 Å². The van der Waals surface area contributed by atoms with Gasteiger partial charge in [0.15, 0.2) is 22.9 Å². The molecule has 9 heteroatoms. The van der Waals surface area contributed by atoms with Crippen molar-refractivity contribution in [3.8, 4) is 11.8 Å². The summed E-state index contributed by atoms with van der Waals surface area (Å²) < 4.78 is 15.5. The van der Waals surface area contributed by atoms with Gasteiger partial charge in [0, 0.05) is 29.3 Å². The monoisotopic (exact) mass is 398 g/mol. The minimum atomic E-state index is -0.849. The highest BCUT2D eigenvalue weighted by Gasteiger charge is 2.28. The normalized spacial score (nSPS) is 23.1. The highest BCUT2D eigenvalue weighted by Crippen LogP contribution is 2.33. The van der Waals surface area contributed by atoms with Crippen LogP contribution in [0.3, 0.4) is 0 Å². The smallest absolute Gasteiger partial charge is 0.227 e. The third kappa shape index (κ3) is 3.41. The van der Waals surface area contributed by atoms with Gasteiger partial charge >= 0.3 is 0 Å². The first-order valence-corrected chi connectivity index (χ1v) is 9.95. The molecule has 0 amide bonds. The third-order valence-corrected chi connectivity index (χ3v) is 5.75. The molecule has 0 aromatic carbocycles. The Hall–Kier alpha value is -3.10. The van der Waals surface area contributed by atoms with Crippen molar-refractivity contribution in [2.45, 2.75) is 51.2 Å². The number of nitrogens with zero attached hydrogens (tertiary/aromatic N) is 4. The van der Waals surface area contributed by atoms with Gasteiger partial charge in [0.2, 0.25) is 5.95 Å². The summed E-state index contributed by atoms with van der Waals surface area (Å²) in [6.07, 6.45) is 6.38. The van der Waals surface area contributed by atoms with Gasteiger partial charge in [0.05, 0.1) is 6.20 Å². The Morgan fingerprint density at radius 3 is 2.79 bits per heavy atom. The molecule has 0 bridgehead atoms. The van der Waals surface area contributed by atoms with Crippen molar-refractivity contribution in [2.24, 2.45) is 5.92 Å². The van der Waals surface area contributed by atoms with E-state index in [4.69, 9.17) is 0 Å². The zero-order valence-corrected chi connectivity index (χ0v) is 16.1. The number of anilines is 1. The Bertz CT molecular complexity index is 1200. The molecule has 0 spiro atoms. The number of halogens is 1. The quantitative estimate of drug-likeness (QED) is 0.531. The lowest BCUT2D eigenvalue weighted by Crippen LogP contribution is -2.28. The number of aromatic hydroxyl groups is 2. The fraction of sp³-hybridized carbons (Fsp3) is 0.450. The molecule has 0 radical (unpaired) electrons. The second kappa shape index (κ2) is 6.75. The lowest BCUT2D eigenvalue weighted by Gasteiger charge is -2.13. The number of alkyl halides is 1. The van der Waals surface area contributed by atoms with Crippen LogP contribution in [-0.4, -0.2) is 47.0 Å². The van der Waals surface area contributed by atoms with E-state index in [0.717, 1.165) is 5.57 Å². The van der Waals surface area contributed by atoms with E-state index in [-0.39, 0.29) is 17.8 Å². The van der Waals surface area contributed by atoms with Crippen molar-refractivity contribution in [1.82, 2.24) is 24.6 Å². The molecule has 0 aliphatic heterocycles. The minimum Gasteiger partial charge on any atom is -0.494 e. The summed E-state index contributed by atoms with van der Waals surface area (Å²) in [7, 11) is 0. The maximum Gasteiger partial charge on any atom is 0.227 e. The number of aromatic nitrogens is 5. The van der Waals surface area contributed by atoms with E-state index in [0.29, 0.717) is 53.0 Å². The highest BCUT2D eigenvalue weighted by atomic mass is 19.1. The molecule has 5 rings (SSSR count). The van der Waals surface area contributed by atoms with E-state index < -0.39 is 6.17 Å². The van der Waals surface area contributed by atoms with Gasteiger partial charge in [0.1, 0.15) is 6.17 Å². The van der Waals surface area contributed by atoms with Crippen LogP contribution < -0.4 is 16.0 Å². The molecule has 2 saturated carbocycles. The second-order valence-corrected chi connectivity index (χ2v) is 8.02. The number of hydrogen-bond acceptors (Lipinski definition) is 6. The standard InChI is InChI=1S/C20H23FN6O2/c1-10(11-2-3-11)23-20-25-17(12-4-5-15(21)7-12)27-18(26-20)14(9-22-27)6-13-8-16(28)24-19(13)29/h6,8-11,15,24,28-29H,2-5,7H2,1H3,(H,23,25). The lowest BCUT2D eigenvalue weighted by molar-refractivity contribution is 0.348. The van der Waals surface area contributed by atoms with Crippen LogP contribution in [0.1, 0.15) is 44.6 Å². The van der Waals surface area contributed by atoms with E-state index in [1.807, 2.05) is 0 Å². The Labute approximate surface area is 165 Å². The molecule has 2 aliphatic carbocycles. The predicted molar refractivity (Wildman–Crippen MR) is 106 cm³/mol. The van der Waals surface area contributed by atoms with Gasteiger partial charge in [-0.1, -0.05) is 0 Å². The van der Waals surface area contributed by atoms with Crippen LogP contribution >= 0.6 is 0 Å². The number of rotatable bonds is 4. The SMILES string of the molecule is CC(Nc1nc(=C2CCC(F)C2)n2ncc(=Cc3cc(O)[nH]c3O)c2n1)C1CC1. The van der Waals surface area contributed by atoms with Gasteiger partial charge in [-0.15, -0.1) is 0 Å². The van der Waals surface area contributed by atoms with Crippen LogP contribution in [-0.2, 0) is 0 Å². The van der Waals surface area contributed by atoms with Crippen LogP contribution in [0, 0.1) is 5.92 Å². The summed E-state index contributed by atoms with van der Waals surface area (Å²) in [5.41, 5.74) is 2.55. The molecule has 2 atom stereocenters. The van der Waals surface area contributed by atoms with E-state index in [1.165, 1.54) is 18.9 Å². The summed E-state index contributed by atoms with van der Waals surface area (Å²) in [6.45, 7) is 2.12. The van der Waals surface area contributed by atoms with Crippen LogP contribution in [0.4, 0.5) is 10.3 Å². The fourth-order valence-electron chi connectivity index (χ4n) is 3.94. The minimum absolute atomic E-state index is 0.128. The van der Waals surface area contributed by atoms with Gasteiger partial charge in [-0.3, -0.25) is 4.98 Å². The molecule has 0 saturated heterocycles. The van der Waals surface area contributed by atoms with Crippen molar-refractivity contribution in [2.75, 3.05) is 5.32 Å². The summed E-state index contributed by atoms with van der Waals surface area (Å²) in [5, 5.41) is 28.0. The Morgan fingerprint density at radius 1 is 1.31 bits per heavy atom. The fourth-order valence-corrected chi connectivity index (χ4v) is 3.94. The molecule has 2 fully saturated rings. The molecular formula is C20H23FN6O2. The van der Waals surface area contributed by atoms with E-state index >= 15 is 0 Å². The number of aromatic amines is 1. The number of fused-ring (bicyclic) bond motifs is 1. The zero-order chi connectivity index (χ0) is 20.1. The van der Waals surface area contributed by atoms with Gasteiger partial charge in [-0.05, 0) is 50.2 Å². The van der Waals surface area contributed by atoms with E-state index in [1.54, 1.807) is 16.8 Å². The van der Waals surface area contributed by atoms with Crippen molar-refractivity contribution < 1.29 is 14.6 Å². The summed E-state index contributed by atoms with van der Waals surface area (Å²) in [4.78, 5) is 11.8. The van der Waals surface area contributed by atoms with Gasteiger partial charge < -0.3 is 15.5 Å². The molecule has 2 aliphatic rings. The van der Waals surface area contributed by atoms with E-state index in [9.17, 15) is 14.6 Å². The molecule has 2 unspecified atom stereocenters. The van der Waals surface area contributed by atoms with Crippen LogP contribution in [0.2, 0.25) is 0 Å². The van der Waals surface area contributed by atoms with Gasteiger partial charge in [0.25, 0.3) is 0 Å². The van der Waals surface area contributed by atoms with Crippen molar-refractivity contribution in [3.63, 3.8) is 0 Å². The average Bonchev–Trinajstić information content (AvgIpc) is 3.22. The summed E-state index contributed by atoms with van der Waals surface area (Å²) >= 11 is 0. The average molecular weight is 398 g/mol. The largest absolute Gasteiger partial charge is 0.494 e.